The second-order valence-electron chi connectivity index (χ2n) is 2.57. The molecule has 0 aromatic rings. The highest BCUT2D eigenvalue weighted by molar-refractivity contribution is 9.14. The van der Waals surface area contributed by atoms with Crippen molar-refractivity contribution in [3.05, 3.63) is 9.89 Å². The van der Waals surface area contributed by atoms with E-state index in [1.54, 1.807) is 6.08 Å². The predicted octanol–water partition coefficient (Wildman–Crippen LogP) is 0.753. The lowest BCUT2D eigenvalue weighted by Crippen LogP contribution is -2.41. The lowest BCUT2D eigenvalue weighted by atomic mass is 10.1. The van der Waals surface area contributed by atoms with Crippen LogP contribution in [0.1, 0.15) is 0 Å². The Morgan fingerprint density at radius 1 is 1.71 bits per heavy atom. The van der Waals surface area contributed by atoms with Crippen LogP contribution < -0.4 is 11.1 Å². The van der Waals surface area contributed by atoms with Gasteiger partial charge in [0, 0.05) is 3.81 Å². The molecule has 2 unspecified atom stereocenters. The number of thioether (sulfide) groups is 1. The Balaban J connectivity index is 2.69. The van der Waals surface area contributed by atoms with Crippen molar-refractivity contribution in [3.63, 3.8) is 0 Å². The van der Waals surface area contributed by atoms with Gasteiger partial charge in [-0.2, -0.15) is 0 Å². The Morgan fingerprint density at radius 3 is 2.86 bits per heavy atom. The number of primary amides is 1. The molecule has 1 heterocycles. The van der Waals surface area contributed by atoms with Crippen molar-refractivity contribution in [2.24, 2.45) is 11.7 Å². The molecule has 0 spiro atoms. The van der Waals surface area contributed by atoms with Crippen LogP contribution in [0.5, 0.6) is 0 Å². The normalized spacial score (nSPS) is 25.4. The highest BCUT2D eigenvalue weighted by Crippen LogP contribution is 2.38. The first-order valence-corrected chi connectivity index (χ1v) is 5.39. The number of ether oxygens (including phenoxy) is 1. The first kappa shape index (κ1) is 11.4. The Hall–Kier alpha value is -0.690. The molecule has 0 bridgehead atoms. The van der Waals surface area contributed by atoms with E-state index in [1.165, 1.54) is 18.9 Å². The number of amides is 2. The van der Waals surface area contributed by atoms with Crippen LogP contribution in [0.25, 0.3) is 0 Å². The number of carbonyl (C=O) groups is 2. The largest absolute Gasteiger partial charge is 0.468 e. The van der Waals surface area contributed by atoms with Gasteiger partial charge < -0.3 is 15.8 Å². The molecule has 2 amide bonds. The smallest absolute Gasteiger partial charge is 0.315 e. The summed E-state index contributed by atoms with van der Waals surface area (Å²) in [6.45, 7) is 0. The van der Waals surface area contributed by atoms with Crippen LogP contribution in [0.2, 0.25) is 0 Å². The van der Waals surface area contributed by atoms with Gasteiger partial charge >= 0.3 is 12.0 Å². The molecule has 0 saturated carbocycles. The lowest BCUT2D eigenvalue weighted by Gasteiger charge is -2.16. The second kappa shape index (κ2) is 4.70. The van der Waals surface area contributed by atoms with Gasteiger partial charge in [0.2, 0.25) is 0 Å². The average Bonchev–Trinajstić information content (AvgIpc) is 2.44. The predicted molar refractivity (Wildman–Crippen MR) is 56.6 cm³/mol. The Bertz CT molecular complexity index is 295. The molecule has 78 valence electrons. The van der Waals surface area contributed by atoms with Crippen LogP contribution in [0.15, 0.2) is 9.89 Å². The van der Waals surface area contributed by atoms with Gasteiger partial charge in [0.15, 0.2) is 0 Å². The SMILES string of the molecule is COC(=O)C1C=C(Br)SC1NC(N)=O. The van der Waals surface area contributed by atoms with E-state index >= 15 is 0 Å². The highest BCUT2D eigenvalue weighted by atomic mass is 79.9. The molecule has 2 atom stereocenters. The zero-order valence-electron chi connectivity index (χ0n) is 7.32. The monoisotopic (exact) mass is 280 g/mol. The van der Waals surface area contributed by atoms with Crippen LogP contribution in [0, 0.1) is 5.92 Å². The van der Waals surface area contributed by atoms with Crippen LogP contribution in [-0.4, -0.2) is 24.5 Å². The molecule has 1 aliphatic rings. The maximum atomic E-state index is 11.3. The zero-order chi connectivity index (χ0) is 10.7. The number of rotatable bonds is 2. The van der Waals surface area contributed by atoms with Crippen molar-refractivity contribution in [2.75, 3.05) is 7.11 Å². The standard InChI is InChI=1S/C7H9BrN2O3S/c1-13-6(11)3-2-4(8)14-5(3)10-7(9)12/h2-3,5H,1H3,(H3,9,10,12). The van der Waals surface area contributed by atoms with Crippen LogP contribution in [0.4, 0.5) is 4.79 Å². The molecule has 14 heavy (non-hydrogen) atoms. The van der Waals surface area contributed by atoms with Crippen LogP contribution >= 0.6 is 27.7 Å². The lowest BCUT2D eigenvalue weighted by molar-refractivity contribution is -0.143. The van der Waals surface area contributed by atoms with E-state index in [0.29, 0.717) is 0 Å². The number of hydrogen-bond donors (Lipinski definition) is 2. The van der Waals surface area contributed by atoms with E-state index in [1.807, 2.05) is 0 Å². The molecule has 7 heteroatoms. The van der Waals surface area contributed by atoms with Gasteiger partial charge in [0.25, 0.3) is 0 Å². The molecular formula is C7H9BrN2O3S. The number of nitrogens with two attached hydrogens (primary N) is 1. The van der Waals surface area contributed by atoms with Crippen LogP contribution in [-0.2, 0) is 9.53 Å². The van der Waals surface area contributed by atoms with E-state index in [4.69, 9.17) is 5.73 Å². The molecule has 3 N–H and O–H groups in total. The van der Waals surface area contributed by atoms with Crippen molar-refractivity contribution in [2.45, 2.75) is 5.37 Å². The summed E-state index contributed by atoms with van der Waals surface area (Å²) < 4.78 is 5.37. The van der Waals surface area contributed by atoms with E-state index in [9.17, 15) is 9.59 Å². The van der Waals surface area contributed by atoms with Gasteiger partial charge in [-0.25, -0.2) is 4.79 Å². The third-order valence-electron chi connectivity index (χ3n) is 1.63. The van der Waals surface area contributed by atoms with Gasteiger partial charge in [-0.15, -0.1) is 0 Å². The number of carbonyl (C=O) groups excluding carboxylic acids is 2. The number of esters is 1. The fourth-order valence-electron chi connectivity index (χ4n) is 1.05. The molecule has 0 aliphatic carbocycles. The highest BCUT2D eigenvalue weighted by Gasteiger charge is 2.34. The molecule has 0 saturated heterocycles. The maximum absolute atomic E-state index is 11.3. The minimum Gasteiger partial charge on any atom is -0.468 e. The average molecular weight is 281 g/mol. The summed E-state index contributed by atoms with van der Waals surface area (Å²) in [6.07, 6.45) is 1.68. The van der Waals surface area contributed by atoms with E-state index in [-0.39, 0.29) is 0 Å². The van der Waals surface area contributed by atoms with E-state index in [0.717, 1.165) is 3.81 Å². The fraction of sp³-hybridized carbons (Fsp3) is 0.429. The van der Waals surface area contributed by atoms with Crippen molar-refractivity contribution in [1.29, 1.82) is 0 Å². The summed E-state index contributed by atoms with van der Waals surface area (Å²) in [5, 5.41) is 2.06. The van der Waals surface area contributed by atoms with Gasteiger partial charge in [-0.3, -0.25) is 4.79 Å². The Labute approximate surface area is 93.6 Å². The number of hydrogen-bond acceptors (Lipinski definition) is 4. The molecule has 1 aliphatic heterocycles. The number of nitrogens with one attached hydrogen (secondary N) is 1. The molecule has 5 nitrogen and oxygen atoms in total. The molecule has 1 rings (SSSR count). The van der Waals surface area contributed by atoms with Crippen LogP contribution in [0.3, 0.4) is 0 Å². The number of urea groups is 1. The van der Waals surface area contributed by atoms with Crippen molar-refractivity contribution in [3.8, 4) is 0 Å². The first-order chi connectivity index (χ1) is 6.54. The Kier molecular flexibility index (Phi) is 3.82. The van der Waals surface area contributed by atoms with E-state index in [2.05, 4.69) is 26.0 Å². The minimum atomic E-state index is -0.660. The molecule has 0 aromatic heterocycles. The fourth-order valence-corrected chi connectivity index (χ4v) is 2.92. The third kappa shape index (κ3) is 2.65. The molecule has 0 radical (unpaired) electrons. The molecule has 0 aromatic carbocycles. The number of methoxy groups -OCH3 is 1. The van der Waals surface area contributed by atoms with Gasteiger partial charge in [-0.1, -0.05) is 11.8 Å². The Morgan fingerprint density at radius 2 is 2.36 bits per heavy atom. The second-order valence-corrected chi connectivity index (χ2v) is 5.13. The quantitative estimate of drug-likeness (QED) is 0.732. The summed E-state index contributed by atoms with van der Waals surface area (Å²) in [5.74, 6) is -0.891. The summed E-state index contributed by atoms with van der Waals surface area (Å²) in [4.78, 5) is 21.9. The van der Waals surface area contributed by atoms with Crippen molar-refractivity contribution < 1.29 is 14.3 Å². The summed E-state index contributed by atoms with van der Waals surface area (Å²) in [7, 11) is 1.30. The summed E-state index contributed by atoms with van der Waals surface area (Å²) in [6, 6.07) is -0.660. The topological polar surface area (TPSA) is 81.4 Å². The maximum Gasteiger partial charge on any atom is 0.315 e. The van der Waals surface area contributed by atoms with Gasteiger partial charge in [0.05, 0.1) is 12.5 Å². The number of halogens is 1. The molecule has 0 fully saturated rings. The minimum absolute atomic E-state index is 0.394. The first-order valence-electron chi connectivity index (χ1n) is 3.72. The summed E-state index contributed by atoms with van der Waals surface area (Å²) >= 11 is 4.54. The molecular weight excluding hydrogens is 272 g/mol. The summed E-state index contributed by atoms with van der Waals surface area (Å²) in [5.41, 5.74) is 4.97. The zero-order valence-corrected chi connectivity index (χ0v) is 9.72. The van der Waals surface area contributed by atoms with Crippen molar-refractivity contribution >= 4 is 39.7 Å². The third-order valence-corrected chi connectivity index (χ3v) is 3.49. The van der Waals surface area contributed by atoms with Gasteiger partial charge in [0.1, 0.15) is 5.92 Å². The van der Waals surface area contributed by atoms with E-state index < -0.39 is 23.3 Å². The van der Waals surface area contributed by atoms with Crippen molar-refractivity contribution in [1.82, 2.24) is 5.32 Å². The van der Waals surface area contributed by atoms with Gasteiger partial charge in [-0.05, 0) is 22.0 Å².